The maximum atomic E-state index is 12.3. The smallest absolute Gasteiger partial charge is 0.226 e. The first-order chi connectivity index (χ1) is 7.47. The average Bonchev–Trinajstić information content (AvgIpc) is 2.26. The van der Waals surface area contributed by atoms with Crippen LogP contribution in [0.4, 0.5) is 0 Å². The Hall–Kier alpha value is -0.610. The van der Waals surface area contributed by atoms with Gasteiger partial charge in [0, 0.05) is 32.1 Å². The van der Waals surface area contributed by atoms with Gasteiger partial charge in [-0.05, 0) is 13.0 Å². The number of hydrogen-bond donors (Lipinski definition) is 1. The van der Waals surface area contributed by atoms with Gasteiger partial charge in [0.15, 0.2) is 0 Å². The van der Waals surface area contributed by atoms with E-state index in [1.165, 1.54) is 0 Å². The van der Waals surface area contributed by atoms with E-state index in [1.54, 1.807) is 0 Å². The third kappa shape index (κ3) is 2.95. The van der Waals surface area contributed by atoms with E-state index < -0.39 is 0 Å². The molecular weight excluding hydrogens is 202 g/mol. The third-order valence-electron chi connectivity index (χ3n) is 3.63. The van der Waals surface area contributed by atoms with Crippen LogP contribution in [-0.4, -0.2) is 55.0 Å². The quantitative estimate of drug-likeness (QED) is 0.758. The molecule has 4 heteroatoms. The van der Waals surface area contributed by atoms with Crippen molar-refractivity contribution in [3.05, 3.63) is 0 Å². The Morgan fingerprint density at radius 1 is 1.38 bits per heavy atom. The van der Waals surface area contributed by atoms with Gasteiger partial charge in [-0.1, -0.05) is 20.8 Å². The van der Waals surface area contributed by atoms with E-state index in [9.17, 15) is 4.79 Å². The van der Waals surface area contributed by atoms with Crippen molar-refractivity contribution in [3.63, 3.8) is 0 Å². The second-order valence-corrected chi connectivity index (χ2v) is 5.22. The van der Waals surface area contributed by atoms with Crippen molar-refractivity contribution in [2.24, 2.45) is 17.6 Å². The predicted molar refractivity (Wildman–Crippen MR) is 66.1 cm³/mol. The van der Waals surface area contributed by atoms with Crippen molar-refractivity contribution in [2.75, 3.05) is 33.2 Å². The van der Waals surface area contributed by atoms with Gasteiger partial charge in [-0.2, -0.15) is 0 Å². The lowest BCUT2D eigenvalue weighted by Gasteiger charge is -2.41. The van der Waals surface area contributed by atoms with E-state index in [0.29, 0.717) is 12.5 Å². The number of likely N-dealkylation sites (N-methyl/N-ethyl adjacent to an activating group) is 1. The van der Waals surface area contributed by atoms with Gasteiger partial charge >= 0.3 is 0 Å². The molecule has 0 spiro atoms. The molecule has 2 unspecified atom stereocenters. The van der Waals surface area contributed by atoms with Gasteiger partial charge < -0.3 is 15.5 Å². The van der Waals surface area contributed by atoms with Crippen LogP contribution >= 0.6 is 0 Å². The normalized spacial score (nSPS) is 24.9. The van der Waals surface area contributed by atoms with Gasteiger partial charge in [0.25, 0.3) is 0 Å². The van der Waals surface area contributed by atoms with Crippen molar-refractivity contribution < 1.29 is 4.79 Å². The molecule has 0 bridgehead atoms. The van der Waals surface area contributed by atoms with Crippen LogP contribution in [0.15, 0.2) is 0 Å². The minimum atomic E-state index is 0.0949. The minimum Gasteiger partial charge on any atom is -0.336 e. The largest absolute Gasteiger partial charge is 0.336 e. The molecule has 2 N–H and O–H groups in total. The highest BCUT2D eigenvalue weighted by Crippen LogP contribution is 2.17. The van der Waals surface area contributed by atoms with Gasteiger partial charge in [-0.3, -0.25) is 4.79 Å². The zero-order valence-corrected chi connectivity index (χ0v) is 10.9. The second-order valence-electron chi connectivity index (χ2n) is 5.22. The van der Waals surface area contributed by atoms with Crippen LogP contribution in [0.25, 0.3) is 0 Å². The highest BCUT2D eigenvalue weighted by molar-refractivity contribution is 5.79. The van der Waals surface area contributed by atoms with E-state index in [-0.39, 0.29) is 17.9 Å². The zero-order chi connectivity index (χ0) is 12.3. The fourth-order valence-corrected chi connectivity index (χ4v) is 2.05. The summed E-state index contributed by atoms with van der Waals surface area (Å²) >= 11 is 0. The number of amides is 1. The Labute approximate surface area is 98.8 Å². The monoisotopic (exact) mass is 227 g/mol. The lowest BCUT2D eigenvalue weighted by atomic mass is 9.95. The lowest BCUT2D eigenvalue weighted by Crippen LogP contribution is -2.58. The molecule has 0 aromatic rings. The summed E-state index contributed by atoms with van der Waals surface area (Å²) in [7, 11) is 2.08. The van der Waals surface area contributed by atoms with Crippen LogP contribution < -0.4 is 5.73 Å². The minimum absolute atomic E-state index is 0.0949. The molecule has 1 aliphatic rings. The number of nitrogens with zero attached hydrogens (tertiary/aromatic N) is 2. The van der Waals surface area contributed by atoms with Crippen LogP contribution in [0, 0.1) is 11.8 Å². The molecule has 0 radical (unpaired) electrons. The topological polar surface area (TPSA) is 49.6 Å². The van der Waals surface area contributed by atoms with Crippen molar-refractivity contribution in [2.45, 2.75) is 26.8 Å². The van der Waals surface area contributed by atoms with Crippen molar-refractivity contribution in [3.8, 4) is 0 Å². The van der Waals surface area contributed by atoms with E-state index in [1.807, 2.05) is 11.8 Å². The summed E-state index contributed by atoms with van der Waals surface area (Å²) in [6.07, 6.45) is 0. The molecule has 0 aromatic heterocycles. The molecule has 0 aromatic carbocycles. The first-order valence-electron chi connectivity index (χ1n) is 6.16. The molecule has 1 fully saturated rings. The maximum absolute atomic E-state index is 12.3. The lowest BCUT2D eigenvalue weighted by molar-refractivity contribution is -0.140. The van der Waals surface area contributed by atoms with Gasteiger partial charge in [0.05, 0.1) is 6.04 Å². The Balaban J connectivity index is 2.67. The first-order valence-corrected chi connectivity index (χ1v) is 6.16. The fraction of sp³-hybridized carbons (Fsp3) is 0.917. The van der Waals surface area contributed by atoms with Gasteiger partial charge in [0.1, 0.15) is 0 Å². The van der Waals surface area contributed by atoms with E-state index in [2.05, 4.69) is 25.8 Å². The van der Waals surface area contributed by atoms with Crippen molar-refractivity contribution in [1.29, 1.82) is 0 Å². The number of rotatable bonds is 3. The van der Waals surface area contributed by atoms with Crippen LogP contribution in [0.5, 0.6) is 0 Å². The highest BCUT2D eigenvalue weighted by Gasteiger charge is 2.31. The fourth-order valence-electron chi connectivity index (χ4n) is 2.05. The molecule has 0 saturated carbocycles. The Kier molecular flexibility index (Phi) is 4.74. The molecule has 1 amide bonds. The summed E-state index contributed by atoms with van der Waals surface area (Å²) in [5.41, 5.74) is 5.75. The summed E-state index contributed by atoms with van der Waals surface area (Å²) < 4.78 is 0. The first kappa shape index (κ1) is 13.5. The standard InChI is InChI=1S/C12H25N3O/c1-9(2)10(3)12(16)15-6-5-14(4)8-11(15)7-13/h9-11H,5-8,13H2,1-4H3. The van der Waals surface area contributed by atoms with Gasteiger partial charge in [0.2, 0.25) is 5.91 Å². The summed E-state index contributed by atoms with van der Waals surface area (Å²) in [5, 5.41) is 0. The molecular formula is C12H25N3O. The van der Waals surface area contributed by atoms with Crippen molar-refractivity contribution >= 4 is 5.91 Å². The maximum Gasteiger partial charge on any atom is 0.226 e. The number of carbonyl (C=O) groups is 1. The summed E-state index contributed by atoms with van der Waals surface area (Å²) in [5.74, 6) is 0.751. The molecule has 1 rings (SSSR count). The molecule has 0 aliphatic carbocycles. The number of hydrogen-bond acceptors (Lipinski definition) is 3. The van der Waals surface area contributed by atoms with Crippen molar-refractivity contribution in [1.82, 2.24) is 9.80 Å². The van der Waals surface area contributed by atoms with Crippen LogP contribution in [0.3, 0.4) is 0 Å². The van der Waals surface area contributed by atoms with Gasteiger partial charge in [-0.15, -0.1) is 0 Å². The summed E-state index contributed by atoms with van der Waals surface area (Å²) in [6, 6.07) is 0.187. The van der Waals surface area contributed by atoms with Crippen LogP contribution in [-0.2, 0) is 4.79 Å². The molecule has 1 saturated heterocycles. The molecule has 94 valence electrons. The zero-order valence-electron chi connectivity index (χ0n) is 10.9. The van der Waals surface area contributed by atoms with E-state index in [4.69, 9.17) is 5.73 Å². The molecule has 4 nitrogen and oxygen atoms in total. The molecule has 2 atom stereocenters. The average molecular weight is 227 g/mol. The number of carbonyl (C=O) groups excluding carboxylic acids is 1. The summed E-state index contributed by atoms with van der Waals surface area (Å²) in [4.78, 5) is 16.5. The SMILES string of the molecule is CC(C)C(C)C(=O)N1CCN(C)CC1CN. The third-order valence-corrected chi connectivity index (χ3v) is 3.63. The number of piperazine rings is 1. The Morgan fingerprint density at radius 3 is 2.50 bits per heavy atom. The predicted octanol–water partition coefficient (Wildman–Crippen LogP) is 0.380. The molecule has 16 heavy (non-hydrogen) atoms. The number of nitrogens with two attached hydrogens (primary N) is 1. The Morgan fingerprint density at radius 2 is 2.00 bits per heavy atom. The highest BCUT2D eigenvalue weighted by atomic mass is 16.2. The van der Waals surface area contributed by atoms with Crippen LogP contribution in [0.2, 0.25) is 0 Å². The molecule has 1 aliphatic heterocycles. The van der Waals surface area contributed by atoms with E-state index in [0.717, 1.165) is 19.6 Å². The van der Waals surface area contributed by atoms with Crippen LogP contribution in [0.1, 0.15) is 20.8 Å². The molecule has 1 heterocycles. The van der Waals surface area contributed by atoms with Gasteiger partial charge in [-0.25, -0.2) is 0 Å². The van der Waals surface area contributed by atoms with E-state index >= 15 is 0 Å². The second kappa shape index (κ2) is 5.64. The summed E-state index contributed by atoms with van der Waals surface area (Å²) in [6.45, 7) is 9.42. The Bertz CT molecular complexity index is 242.